The van der Waals surface area contributed by atoms with E-state index in [1.807, 2.05) is 0 Å². The van der Waals surface area contributed by atoms with Crippen LogP contribution in [0.2, 0.25) is 0 Å². The van der Waals surface area contributed by atoms with Crippen LogP contribution in [0.5, 0.6) is 0 Å². The molecule has 0 aliphatic carbocycles. The van der Waals surface area contributed by atoms with Crippen molar-refractivity contribution in [3.63, 3.8) is 0 Å². The zero-order chi connectivity index (χ0) is 2.71. The molecule has 0 aliphatic heterocycles. The Bertz CT molecular complexity index is 27.0. The fourth-order valence-corrected chi connectivity index (χ4v) is 0. The van der Waals surface area contributed by atoms with Gasteiger partial charge in [0, 0.05) is 21.1 Å². The SMILES string of the molecule is [O]=[Ti]=[O].[Pt]. The van der Waals surface area contributed by atoms with Gasteiger partial charge in [-0.1, -0.05) is 0 Å². The summed E-state index contributed by atoms with van der Waals surface area (Å²) >= 11 is -2.00. The van der Waals surface area contributed by atoms with Gasteiger partial charge in [-0.05, 0) is 0 Å². The van der Waals surface area contributed by atoms with Crippen LogP contribution in [0.15, 0.2) is 0 Å². The molecule has 0 rings (SSSR count). The maximum absolute atomic E-state index is 8.50. The second kappa shape index (κ2) is 9.00. The van der Waals surface area contributed by atoms with Crippen molar-refractivity contribution in [2.24, 2.45) is 0 Å². The molecule has 0 saturated heterocycles. The first-order valence-corrected chi connectivity index (χ1v) is 1.68. The third kappa shape index (κ3) is 12.0. The van der Waals surface area contributed by atoms with Gasteiger partial charge < -0.3 is 0 Å². The van der Waals surface area contributed by atoms with Crippen molar-refractivity contribution in [1.29, 1.82) is 0 Å². The van der Waals surface area contributed by atoms with Crippen LogP contribution >= 0.6 is 0 Å². The van der Waals surface area contributed by atoms with Crippen molar-refractivity contribution in [3.05, 3.63) is 0 Å². The average Bonchev–Trinajstić information content (AvgIpc) is 0.918. The maximum atomic E-state index is 8.50. The normalized spacial score (nSPS) is 2.00. The molecule has 0 spiro atoms. The molecule has 0 aromatic rings. The minimum absolute atomic E-state index is 0. The third-order valence-electron chi connectivity index (χ3n) is 0. The molecule has 0 bridgehead atoms. The van der Waals surface area contributed by atoms with E-state index in [0.29, 0.717) is 0 Å². The molecule has 0 atom stereocenters. The van der Waals surface area contributed by atoms with Gasteiger partial charge in [-0.15, -0.1) is 0 Å². The predicted molar refractivity (Wildman–Crippen MR) is 1.37 cm³/mol. The van der Waals surface area contributed by atoms with Crippen LogP contribution in [-0.4, -0.2) is 0 Å². The molecule has 0 aromatic carbocycles. The van der Waals surface area contributed by atoms with E-state index in [0.717, 1.165) is 0 Å². The Morgan fingerprint density at radius 3 is 1.25 bits per heavy atom. The van der Waals surface area contributed by atoms with Crippen LogP contribution in [0.1, 0.15) is 0 Å². The Kier molecular flexibility index (Phi) is 20.0. The molecule has 0 saturated carbocycles. The van der Waals surface area contributed by atoms with E-state index in [9.17, 15) is 0 Å². The van der Waals surface area contributed by atoms with Crippen LogP contribution in [-0.2, 0) is 46.8 Å². The van der Waals surface area contributed by atoms with Gasteiger partial charge >= 0.3 is 25.7 Å². The second-order valence-corrected chi connectivity index (χ2v) is 0.344. The van der Waals surface area contributed by atoms with Gasteiger partial charge in [-0.3, -0.25) is 0 Å². The van der Waals surface area contributed by atoms with E-state index in [-0.39, 0.29) is 21.1 Å². The van der Waals surface area contributed by atoms with Gasteiger partial charge in [0.25, 0.3) is 0 Å². The summed E-state index contributed by atoms with van der Waals surface area (Å²) in [7, 11) is 0. The number of hydrogen-bond acceptors (Lipinski definition) is 2. The fourth-order valence-electron chi connectivity index (χ4n) is 0. The van der Waals surface area contributed by atoms with Crippen LogP contribution < -0.4 is 0 Å². The number of rotatable bonds is 0. The summed E-state index contributed by atoms with van der Waals surface area (Å²) in [4.78, 5) is 0. The van der Waals surface area contributed by atoms with E-state index in [1.54, 1.807) is 0 Å². The summed E-state index contributed by atoms with van der Waals surface area (Å²) in [6.45, 7) is 0. The van der Waals surface area contributed by atoms with Gasteiger partial charge in [0.15, 0.2) is 0 Å². The van der Waals surface area contributed by atoms with Crippen LogP contribution in [0.3, 0.4) is 0 Å². The first kappa shape index (κ1) is 8.89. The predicted octanol–water partition coefficient (Wildman–Crippen LogP) is -0.243. The van der Waals surface area contributed by atoms with E-state index in [2.05, 4.69) is 0 Å². The minimum atomic E-state index is -2.00. The molecular weight excluding hydrogens is 275 g/mol. The molecule has 4 heteroatoms. The standard InChI is InChI=1S/2O.Pt.Ti. The summed E-state index contributed by atoms with van der Waals surface area (Å²) in [5, 5.41) is 0. The van der Waals surface area contributed by atoms with E-state index < -0.39 is 19.1 Å². The minimum Gasteiger partial charge on any atom is 0 e. The molecule has 0 amide bonds. The molecule has 0 aromatic heterocycles. The zero-order valence-corrected chi connectivity index (χ0v) is 5.47. The molecule has 4 heavy (non-hydrogen) atoms. The maximum Gasteiger partial charge on any atom is 0 e. The van der Waals surface area contributed by atoms with Crippen LogP contribution in [0, 0.1) is 0 Å². The van der Waals surface area contributed by atoms with Crippen LogP contribution in [0.4, 0.5) is 0 Å². The van der Waals surface area contributed by atoms with Gasteiger partial charge in [0.05, 0.1) is 0 Å². The monoisotopic (exact) mass is 275 g/mol. The van der Waals surface area contributed by atoms with Gasteiger partial charge in [-0.2, -0.15) is 0 Å². The first-order chi connectivity index (χ1) is 1.41. The van der Waals surface area contributed by atoms with Crippen molar-refractivity contribution in [2.45, 2.75) is 0 Å². The number of hydrogen-bond donors (Lipinski definition) is 0. The Labute approximate surface area is 46.8 Å². The quantitative estimate of drug-likeness (QED) is 0.572. The molecule has 0 N–H and O–H groups in total. The Morgan fingerprint density at radius 2 is 1.25 bits per heavy atom. The average molecular weight is 275 g/mol. The molecular formula is O2PtTi. The topological polar surface area (TPSA) is 34.1 Å². The molecule has 2 nitrogen and oxygen atoms in total. The molecule has 0 radical (unpaired) electrons. The van der Waals surface area contributed by atoms with Crippen molar-refractivity contribution in [1.82, 2.24) is 0 Å². The second-order valence-electron chi connectivity index (χ2n) is 0.0833. The largest absolute Gasteiger partial charge is 0 e. The van der Waals surface area contributed by atoms with E-state index >= 15 is 0 Å². The Morgan fingerprint density at radius 1 is 1.25 bits per heavy atom. The Hall–Kier alpha value is 1.00. The molecule has 0 aliphatic rings. The van der Waals surface area contributed by atoms with Crippen molar-refractivity contribution >= 4 is 0 Å². The third-order valence-corrected chi connectivity index (χ3v) is 0. The molecule has 26 valence electrons. The zero-order valence-electron chi connectivity index (χ0n) is 1.63. The van der Waals surface area contributed by atoms with E-state index in [4.69, 9.17) is 6.65 Å². The van der Waals surface area contributed by atoms with Gasteiger partial charge in [0.1, 0.15) is 0 Å². The molecule has 0 heterocycles. The fraction of sp³-hybridized carbons (Fsp3) is 0. The van der Waals surface area contributed by atoms with Crippen molar-refractivity contribution < 1.29 is 46.8 Å². The molecule has 0 unspecified atom stereocenters. The van der Waals surface area contributed by atoms with Crippen molar-refractivity contribution in [2.75, 3.05) is 0 Å². The Balaban J connectivity index is 0. The summed E-state index contributed by atoms with van der Waals surface area (Å²) in [5.41, 5.74) is 0. The van der Waals surface area contributed by atoms with Crippen LogP contribution in [0.25, 0.3) is 0 Å². The van der Waals surface area contributed by atoms with Crippen molar-refractivity contribution in [3.8, 4) is 0 Å². The summed E-state index contributed by atoms with van der Waals surface area (Å²) < 4.78 is 17.0. The van der Waals surface area contributed by atoms with E-state index in [1.165, 1.54) is 0 Å². The van der Waals surface area contributed by atoms with Gasteiger partial charge in [0.2, 0.25) is 0 Å². The molecule has 0 fully saturated rings. The summed E-state index contributed by atoms with van der Waals surface area (Å²) in [6, 6.07) is 0. The summed E-state index contributed by atoms with van der Waals surface area (Å²) in [5.74, 6) is 0. The smallest absolute Gasteiger partial charge is 0 e. The summed E-state index contributed by atoms with van der Waals surface area (Å²) in [6.07, 6.45) is 0. The first-order valence-electron chi connectivity index (χ1n) is 0.408. The van der Waals surface area contributed by atoms with Gasteiger partial charge in [-0.25, -0.2) is 0 Å².